The van der Waals surface area contributed by atoms with Gasteiger partial charge in [-0.3, -0.25) is 9.36 Å². The Labute approximate surface area is 277 Å². The summed E-state index contributed by atoms with van der Waals surface area (Å²) in [6.45, 7) is 6.46. The van der Waals surface area contributed by atoms with E-state index in [2.05, 4.69) is 37.6 Å². The molecule has 6 N–H and O–H groups in total. The highest BCUT2D eigenvalue weighted by Gasteiger charge is 2.63. The number of esters is 1. The standard InChI is InChI=1S/C36H53N3O8/c1-20(25-9-10-26-24-8-7-22-15-23(41)12-13-35(22,2)27(24)16-30(43)36(25,26)3)6-11-32(44)46-14-4-5-21-18-39(34(45)38-33(21)37)31-17-28(42)29(19-40)47-31/h18,20,22-31,40-43H,6-17,19H2,1-3H3,(H2,37,38,45)/t20-,22-,23-,24+,25-,26+,27+,28+,29-,30+,31-,35+,36-/m1/s1. The van der Waals surface area contributed by atoms with Crippen molar-refractivity contribution in [3.63, 3.8) is 0 Å². The summed E-state index contributed by atoms with van der Waals surface area (Å²) in [6, 6.07) is 0. The van der Waals surface area contributed by atoms with Crippen LogP contribution in [0.4, 0.5) is 5.82 Å². The highest BCUT2D eigenvalue weighted by atomic mass is 16.5. The van der Waals surface area contributed by atoms with Crippen molar-refractivity contribution in [2.45, 2.75) is 122 Å². The van der Waals surface area contributed by atoms with Gasteiger partial charge in [-0.05, 0) is 104 Å². The molecule has 11 nitrogen and oxygen atoms in total. The third-order valence-electron chi connectivity index (χ3n) is 13.5. The fraction of sp³-hybridized carbons (Fsp3) is 0.806. The van der Waals surface area contributed by atoms with Crippen LogP contribution in [0.3, 0.4) is 0 Å². The van der Waals surface area contributed by atoms with Crippen LogP contribution in [0, 0.1) is 58.2 Å². The van der Waals surface area contributed by atoms with Crippen molar-refractivity contribution in [2.75, 3.05) is 18.9 Å². The van der Waals surface area contributed by atoms with Crippen LogP contribution in [0.1, 0.15) is 103 Å². The maximum atomic E-state index is 12.7. The number of rotatable bonds is 7. The van der Waals surface area contributed by atoms with Gasteiger partial charge in [-0.15, -0.1) is 0 Å². The minimum atomic E-state index is -0.911. The monoisotopic (exact) mass is 655 g/mol. The lowest BCUT2D eigenvalue weighted by Crippen LogP contribution is -2.58. The lowest BCUT2D eigenvalue weighted by atomic mass is 9.43. The molecule has 260 valence electrons. The summed E-state index contributed by atoms with van der Waals surface area (Å²) < 4.78 is 12.2. The van der Waals surface area contributed by atoms with Crippen LogP contribution in [0.25, 0.3) is 0 Å². The summed E-state index contributed by atoms with van der Waals surface area (Å²) in [7, 11) is 0. The fourth-order valence-electron chi connectivity index (χ4n) is 10.9. The molecule has 4 aliphatic carbocycles. The summed E-state index contributed by atoms with van der Waals surface area (Å²) in [5, 5.41) is 41.5. The van der Waals surface area contributed by atoms with Gasteiger partial charge in [-0.1, -0.05) is 32.6 Å². The molecule has 0 radical (unpaired) electrons. The number of hydrogen-bond donors (Lipinski definition) is 5. The Balaban J connectivity index is 1.02. The maximum absolute atomic E-state index is 12.7. The van der Waals surface area contributed by atoms with Gasteiger partial charge in [0.25, 0.3) is 0 Å². The van der Waals surface area contributed by atoms with Crippen LogP contribution in [0.2, 0.25) is 0 Å². The van der Waals surface area contributed by atoms with Crippen molar-refractivity contribution in [2.24, 2.45) is 46.3 Å². The number of fused-ring (bicyclic) bond motifs is 5. The first-order valence-electron chi connectivity index (χ1n) is 17.7. The van der Waals surface area contributed by atoms with Crippen molar-refractivity contribution in [3.05, 3.63) is 22.2 Å². The van der Waals surface area contributed by atoms with Gasteiger partial charge in [0.05, 0.1) is 30.5 Å². The molecule has 4 saturated carbocycles. The molecule has 2 heterocycles. The fourth-order valence-corrected chi connectivity index (χ4v) is 10.9. The van der Waals surface area contributed by atoms with Crippen LogP contribution in [0.15, 0.2) is 11.0 Å². The van der Waals surface area contributed by atoms with Crippen LogP contribution >= 0.6 is 0 Å². The zero-order chi connectivity index (χ0) is 33.7. The number of anilines is 1. The highest BCUT2D eigenvalue weighted by molar-refractivity contribution is 5.69. The first kappa shape index (κ1) is 34.4. The lowest BCUT2D eigenvalue weighted by molar-refractivity contribution is -0.175. The number of nitrogens with two attached hydrogens (primary N) is 1. The summed E-state index contributed by atoms with van der Waals surface area (Å²) in [4.78, 5) is 28.9. The van der Waals surface area contributed by atoms with E-state index in [9.17, 15) is 30.0 Å². The average Bonchev–Trinajstić information content (AvgIpc) is 3.60. The van der Waals surface area contributed by atoms with Crippen molar-refractivity contribution in [3.8, 4) is 11.8 Å². The Kier molecular flexibility index (Phi) is 9.82. The predicted molar refractivity (Wildman–Crippen MR) is 173 cm³/mol. The van der Waals surface area contributed by atoms with Gasteiger partial charge in [-0.25, -0.2) is 4.79 Å². The van der Waals surface area contributed by atoms with E-state index in [4.69, 9.17) is 15.2 Å². The molecule has 5 fully saturated rings. The zero-order valence-corrected chi connectivity index (χ0v) is 28.0. The quantitative estimate of drug-likeness (QED) is 0.217. The van der Waals surface area contributed by atoms with E-state index in [1.807, 2.05) is 0 Å². The summed E-state index contributed by atoms with van der Waals surface area (Å²) in [6.07, 6.45) is 7.73. The minimum Gasteiger partial charge on any atom is -0.452 e. The number of carbonyl (C=O) groups excluding carboxylic acids is 1. The first-order valence-corrected chi connectivity index (χ1v) is 17.7. The van der Waals surface area contributed by atoms with E-state index in [1.165, 1.54) is 23.6 Å². The van der Waals surface area contributed by atoms with Crippen molar-refractivity contribution in [1.82, 2.24) is 9.55 Å². The SMILES string of the molecule is C[C@H](CCC(=O)OCC#Cc1cn([C@H]2C[C@H](O)[C@@H](CO)O2)c(=O)nc1N)[C@H]1CC[C@H]2[C@@H]3CC[C@@H]4C[C@H](O)CC[C@]4(C)[C@H]3C[C@H](O)[C@]12C. The summed E-state index contributed by atoms with van der Waals surface area (Å²) in [5.74, 6) is 8.00. The third-order valence-corrected chi connectivity index (χ3v) is 13.5. The molecule has 1 saturated heterocycles. The van der Waals surface area contributed by atoms with Crippen LogP contribution < -0.4 is 11.4 Å². The number of hydrogen-bond acceptors (Lipinski definition) is 10. The van der Waals surface area contributed by atoms with Crippen molar-refractivity contribution in [1.29, 1.82) is 0 Å². The first-order chi connectivity index (χ1) is 22.4. The normalized spacial score (nSPS) is 41.6. The Morgan fingerprint density at radius 1 is 1.15 bits per heavy atom. The number of aliphatic hydroxyl groups excluding tert-OH is 4. The molecular formula is C36H53N3O8. The van der Waals surface area contributed by atoms with Crippen LogP contribution in [-0.2, 0) is 14.3 Å². The molecule has 1 aromatic heterocycles. The molecular weight excluding hydrogens is 602 g/mol. The van der Waals surface area contributed by atoms with Gasteiger partial charge < -0.3 is 35.6 Å². The largest absolute Gasteiger partial charge is 0.452 e. The zero-order valence-electron chi connectivity index (χ0n) is 28.0. The van der Waals surface area contributed by atoms with E-state index >= 15 is 0 Å². The molecule has 6 rings (SSSR count). The molecule has 11 heteroatoms. The molecule has 0 amide bonds. The Morgan fingerprint density at radius 2 is 1.94 bits per heavy atom. The van der Waals surface area contributed by atoms with E-state index in [0.29, 0.717) is 36.0 Å². The number of nitrogens with zero attached hydrogens (tertiary/aromatic N) is 2. The molecule has 5 aliphatic rings. The molecule has 0 aromatic carbocycles. The predicted octanol–water partition coefficient (Wildman–Crippen LogP) is 2.77. The molecule has 0 bridgehead atoms. The molecule has 0 unspecified atom stereocenters. The number of aromatic nitrogens is 2. The molecule has 47 heavy (non-hydrogen) atoms. The Bertz CT molecular complexity index is 1440. The highest BCUT2D eigenvalue weighted by Crippen LogP contribution is 2.68. The van der Waals surface area contributed by atoms with Gasteiger partial charge in [0.2, 0.25) is 0 Å². The van der Waals surface area contributed by atoms with Gasteiger partial charge >= 0.3 is 11.7 Å². The minimum absolute atomic E-state index is 0.0598. The molecule has 13 atom stereocenters. The van der Waals surface area contributed by atoms with Gasteiger partial charge in [0.15, 0.2) is 6.61 Å². The van der Waals surface area contributed by atoms with Crippen LogP contribution in [-0.4, -0.2) is 73.6 Å². The van der Waals surface area contributed by atoms with Crippen molar-refractivity contribution >= 4 is 11.8 Å². The number of aliphatic hydroxyl groups is 4. The third kappa shape index (κ3) is 6.25. The Morgan fingerprint density at radius 3 is 2.68 bits per heavy atom. The second kappa shape index (κ2) is 13.4. The van der Waals surface area contributed by atoms with E-state index in [0.717, 1.165) is 38.5 Å². The summed E-state index contributed by atoms with van der Waals surface area (Å²) >= 11 is 0. The maximum Gasteiger partial charge on any atom is 0.351 e. The molecule has 1 aliphatic heterocycles. The second-order valence-electron chi connectivity index (χ2n) is 15.7. The summed E-state index contributed by atoms with van der Waals surface area (Å²) in [5.41, 5.74) is 5.57. The van der Waals surface area contributed by atoms with E-state index in [-0.39, 0.29) is 72.4 Å². The van der Waals surface area contributed by atoms with E-state index < -0.39 is 24.1 Å². The van der Waals surface area contributed by atoms with Gasteiger partial charge in [-0.2, -0.15) is 4.98 Å². The van der Waals surface area contributed by atoms with Gasteiger partial charge in [0, 0.05) is 19.0 Å². The van der Waals surface area contributed by atoms with Crippen LogP contribution in [0.5, 0.6) is 0 Å². The van der Waals surface area contributed by atoms with E-state index in [1.54, 1.807) is 0 Å². The molecule has 1 aromatic rings. The lowest BCUT2D eigenvalue weighted by Gasteiger charge is -2.62. The second-order valence-corrected chi connectivity index (χ2v) is 15.7. The number of ether oxygens (including phenoxy) is 2. The van der Waals surface area contributed by atoms with Gasteiger partial charge in [0.1, 0.15) is 18.1 Å². The molecule has 0 spiro atoms. The van der Waals surface area contributed by atoms with Crippen molar-refractivity contribution < 1.29 is 34.7 Å². The number of carbonyl (C=O) groups is 1. The topological polar surface area (TPSA) is 177 Å². The Hall–Kier alpha value is -2.49. The number of nitrogen functional groups attached to an aromatic ring is 1. The smallest absolute Gasteiger partial charge is 0.351 e. The average molecular weight is 656 g/mol.